The molecule has 0 radical (unpaired) electrons. The van der Waals surface area contributed by atoms with Crippen molar-refractivity contribution in [2.45, 2.75) is 95.1 Å². The van der Waals surface area contributed by atoms with E-state index in [1.807, 2.05) is 0 Å². The summed E-state index contributed by atoms with van der Waals surface area (Å²) in [5.41, 5.74) is 2.86. The molecule has 1 N–H and O–H groups in total. The Balaban J connectivity index is 1.14. The molecule has 3 fully saturated rings. The van der Waals surface area contributed by atoms with Gasteiger partial charge in [0, 0.05) is 36.7 Å². The maximum atomic E-state index is 6.39. The second kappa shape index (κ2) is 9.66. The van der Waals surface area contributed by atoms with E-state index in [4.69, 9.17) is 19.7 Å². The van der Waals surface area contributed by atoms with Crippen molar-refractivity contribution in [2.75, 3.05) is 26.2 Å². The first kappa shape index (κ1) is 21.5. The number of rotatable bonds is 8. The summed E-state index contributed by atoms with van der Waals surface area (Å²) in [6.07, 6.45) is 22.7. The Kier molecular flexibility index (Phi) is 6.70. The van der Waals surface area contributed by atoms with Crippen LogP contribution in [0, 0.1) is 11.3 Å². The summed E-state index contributed by atoms with van der Waals surface area (Å²) in [6, 6.07) is 0.295. The fraction of sp³-hybridized carbons (Fsp3) is 0.808. The van der Waals surface area contributed by atoms with Crippen LogP contribution in [-0.4, -0.2) is 56.0 Å². The van der Waals surface area contributed by atoms with Gasteiger partial charge in [-0.1, -0.05) is 38.2 Å². The van der Waals surface area contributed by atoms with Crippen molar-refractivity contribution in [1.29, 1.82) is 0 Å². The van der Waals surface area contributed by atoms with E-state index in [1.165, 1.54) is 56.4 Å². The Labute approximate surface area is 187 Å². The molecule has 2 saturated carbocycles. The first-order valence-electron chi connectivity index (χ1n) is 12.9. The normalized spacial score (nSPS) is 32.7. The van der Waals surface area contributed by atoms with Crippen LogP contribution in [0.1, 0.15) is 83.5 Å². The Morgan fingerprint density at radius 1 is 1.10 bits per heavy atom. The maximum Gasteiger partial charge on any atom is 0.0819 e. The standard InChI is InChI=1S/C26H40N4O/c1-4-13-28-24(8-1)25(12-15-31-26(20-25)9-2-3-10-26)11-14-27-17-23-19-29-22(18-30-23)16-21-6-5-7-21/h8,13,18,21,23,27H,1-7,9-12,14-17,19-20H2/t23?,25-/m1/s1. The summed E-state index contributed by atoms with van der Waals surface area (Å²) >= 11 is 0. The van der Waals surface area contributed by atoms with Gasteiger partial charge >= 0.3 is 0 Å². The van der Waals surface area contributed by atoms with Gasteiger partial charge in [-0.15, -0.1) is 0 Å². The van der Waals surface area contributed by atoms with Crippen molar-refractivity contribution >= 4 is 18.1 Å². The molecule has 0 aromatic carbocycles. The quantitative estimate of drug-likeness (QED) is 0.563. The summed E-state index contributed by atoms with van der Waals surface area (Å²) in [7, 11) is 0. The van der Waals surface area contributed by atoms with Gasteiger partial charge in [0.05, 0.1) is 23.9 Å². The topological polar surface area (TPSA) is 58.3 Å². The monoisotopic (exact) mass is 424 g/mol. The minimum atomic E-state index is 0.116. The zero-order chi connectivity index (χ0) is 21.0. The fourth-order valence-corrected chi connectivity index (χ4v) is 6.31. The average Bonchev–Trinajstić information content (AvgIpc) is 3.22. The molecule has 31 heavy (non-hydrogen) atoms. The molecular formula is C26H40N4O. The average molecular weight is 425 g/mol. The first-order valence-corrected chi connectivity index (χ1v) is 12.9. The molecule has 5 aliphatic rings. The summed E-state index contributed by atoms with van der Waals surface area (Å²) in [6.45, 7) is 3.69. The van der Waals surface area contributed by atoms with Crippen LogP contribution in [0.4, 0.5) is 0 Å². The Morgan fingerprint density at radius 2 is 2.00 bits per heavy atom. The van der Waals surface area contributed by atoms with E-state index in [1.54, 1.807) is 0 Å². The van der Waals surface area contributed by atoms with Crippen molar-refractivity contribution < 1.29 is 4.74 Å². The lowest BCUT2D eigenvalue weighted by Crippen LogP contribution is -2.46. The van der Waals surface area contributed by atoms with Gasteiger partial charge in [-0.3, -0.25) is 15.0 Å². The Hall–Kier alpha value is -1.33. The van der Waals surface area contributed by atoms with Crippen LogP contribution in [0.15, 0.2) is 26.8 Å². The number of hydrogen-bond acceptors (Lipinski definition) is 5. The highest BCUT2D eigenvalue weighted by molar-refractivity contribution is 6.31. The molecular weight excluding hydrogens is 384 g/mol. The van der Waals surface area contributed by atoms with Gasteiger partial charge < -0.3 is 10.1 Å². The van der Waals surface area contributed by atoms with E-state index < -0.39 is 0 Å². The fourth-order valence-electron chi connectivity index (χ4n) is 6.31. The SMILES string of the molecule is C1=NC([C@]2(CCNCC3CN=C(CC4CCC4)C=N3)CCOC3(CCCC3)C2)=CCC1. The molecule has 0 bridgehead atoms. The van der Waals surface area contributed by atoms with Gasteiger partial charge in [-0.05, 0) is 63.8 Å². The molecule has 0 aromatic heterocycles. The van der Waals surface area contributed by atoms with Gasteiger partial charge in [0.2, 0.25) is 0 Å². The van der Waals surface area contributed by atoms with Crippen LogP contribution in [0.3, 0.4) is 0 Å². The van der Waals surface area contributed by atoms with Crippen LogP contribution in [0.5, 0.6) is 0 Å². The molecule has 2 aliphatic carbocycles. The summed E-state index contributed by atoms with van der Waals surface area (Å²) in [5, 5.41) is 3.72. The highest BCUT2D eigenvalue weighted by atomic mass is 16.5. The van der Waals surface area contributed by atoms with Gasteiger partial charge in [-0.25, -0.2) is 0 Å². The van der Waals surface area contributed by atoms with E-state index in [0.717, 1.165) is 70.7 Å². The Bertz CT molecular complexity index is 745. The van der Waals surface area contributed by atoms with Crippen molar-refractivity contribution in [3.05, 3.63) is 11.8 Å². The van der Waals surface area contributed by atoms with Gasteiger partial charge in [-0.2, -0.15) is 0 Å². The summed E-state index contributed by atoms with van der Waals surface area (Å²) < 4.78 is 6.39. The zero-order valence-corrected chi connectivity index (χ0v) is 19.2. The molecule has 1 saturated heterocycles. The third kappa shape index (κ3) is 5.03. The zero-order valence-electron chi connectivity index (χ0n) is 19.2. The lowest BCUT2D eigenvalue weighted by Gasteiger charge is -2.47. The smallest absolute Gasteiger partial charge is 0.0819 e. The van der Waals surface area contributed by atoms with E-state index >= 15 is 0 Å². The number of allylic oxidation sites excluding steroid dienone is 2. The van der Waals surface area contributed by atoms with Gasteiger partial charge in [0.15, 0.2) is 0 Å². The van der Waals surface area contributed by atoms with Crippen molar-refractivity contribution in [1.82, 2.24) is 5.32 Å². The molecule has 0 amide bonds. The molecule has 1 unspecified atom stereocenters. The second-order valence-electron chi connectivity index (χ2n) is 10.6. The minimum absolute atomic E-state index is 0.116. The van der Waals surface area contributed by atoms with Crippen LogP contribution in [-0.2, 0) is 4.74 Å². The lowest BCUT2D eigenvalue weighted by atomic mass is 9.67. The molecule has 0 aromatic rings. The van der Waals surface area contributed by atoms with Crippen molar-refractivity contribution in [3.8, 4) is 0 Å². The lowest BCUT2D eigenvalue weighted by molar-refractivity contribution is -0.115. The molecule has 3 aliphatic heterocycles. The van der Waals surface area contributed by atoms with Gasteiger partial charge in [0.1, 0.15) is 0 Å². The van der Waals surface area contributed by atoms with E-state index in [-0.39, 0.29) is 11.0 Å². The van der Waals surface area contributed by atoms with Crippen molar-refractivity contribution in [3.63, 3.8) is 0 Å². The molecule has 1 spiro atoms. The number of ether oxygens (including phenoxy) is 1. The molecule has 3 heterocycles. The maximum absolute atomic E-state index is 6.39. The van der Waals surface area contributed by atoms with Crippen molar-refractivity contribution in [2.24, 2.45) is 26.3 Å². The summed E-state index contributed by atoms with van der Waals surface area (Å²) in [4.78, 5) is 14.5. The van der Waals surface area contributed by atoms with Crippen LogP contribution in [0.2, 0.25) is 0 Å². The first-order chi connectivity index (χ1) is 15.3. The highest BCUT2D eigenvalue weighted by Crippen LogP contribution is 2.52. The minimum Gasteiger partial charge on any atom is -0.375 e. The van der Waals surface area contributed by atoms with Crippen LogP contribution < -0.4 is 5.32 Å². The highest BCUT2D eigenvalue weighted by Gasteiger charge is 2.48. The van der Waals surface area contributed by atoms with E-state index in [9.17, 15) is 0 Å². The predicted octanol–water partition coefficient (Wildman–Crippen LogP) is 4.91. The number of nitrogens with zero attached hydrogens (tertiary/aromatic N) is 3. The molecule has 5 heteroatoms. The number of hydrogen-bond donors (Lipinski definition) is 1. The van der Waals surface area contributed by atoms with Crippen LogP contribution >= 0.6 is 0 Å². The molecule has 5 nitrogen and oxygen atoms in total. The molecule has 5 rings (SSSR count). The molecule has 2 atom stereocenters. The number of nitrogens with one attached hydrogen (secondary N) is 1. The summed E-state index contributed by atoms with van der Waals surface area (Å²) in [5.74, 6) is 0.871. The van der Waals surface area contributed by atoms with Crippen LogP contribution in [0.25, 0.3) is 0 Å². The third-order valence-electron chi connectivity index (χ3n) is 8.39. The predicted molar refractivity (Wildman–Crippen MR) is 129 cm³/mol. The third-order valence-corrected chi connectivity index (χ3v) is 8.39. The largest absolute Gasteiger partial charge is 0.375 e. The van der Waals surface area contributed by atoms with Gasteiger partial charge in [0.25, 0.3) is 0 Å². The molecule has 170 valence electrons. The van der Waals surface area contributed by atoms with E-state index in [2.05, 4.69) is 23.8 Å². The number of aliphatic imine (C=N–C) groups is 3. The second-order valence-corrected chi connectivity index (χ2v) is 10.6. The van der Waals surface area contributed by atoms with E-state index in [0.29, 0.717) is 6.04 Å². The Morgan fingerprint density at radius 3 is 2.71 bits per heavy atom.